The molecule has 200 valence electrons. The summed E-state index contributed by atoms with van der Waals surface area (Å²) in [5, 5.41) is 2.97. The third-order valence-corrected chi connectivity index (χ3v) is 9.14. The van der Waals surface area contributed by atoms with Crippen molar-refractivity contribution in [2.45, 2.75) is 56.6 Å². The molecule has 1 saturated carbocycles. The highest BCUT2D eigenvalue weighted by Gasteiger charge is 2.46. The van der Waals surface area contributed by atoms with Gasteiger partial charge < -0.3 is 4.74 Å². The molecule has 2 unspecified atom stereocenters. The Bertz CT molecular complexity index is 1230. The molecule has 3 aliphatic rings. The number of halogens is 1. The molecule has 9 nitrogen and oxygen atoms in total. The molecule has 11 heteroatoms. The van der Waals surface area contributed by atoms with Crippen molar-refractivity contribution in [2.75, 3.05) is 13.7 Å². The molecule has 0 bridgehead atoms. The summed E-state index contributed by atoms with van der Waals surface area (Å²) in [4.78, 5) is 42.9. The van der Waals surface area contributed by atoms with Crippen LogP contribution in [0.3, 0.4) is 0 Å². The fourth-order valence-corrected chi connectivity index (χ4v) is 6.32. The standard InChI is InChI=1S/C26H31BrN2O7S/c1-15-4-3-5-16-10-23(16)28-13-22-20(11-18(30)12-21(22)26(32)35-2)25(29-14-24(15)31)36-37(33,34)19-8-6-17(27)7-9-19/h6-9,13,15,20-22,25,29H,3-5,10-12,14H2,1-2H3/b28-13-/t15?,20?,21-,22+,25-/m1/s1. The van der Waals surface area contributed by atoms with Crippen molar-refractivity contribution in [3.63, 3.8) is 0 Å². The van der Waals surface area contributed by atoms with Crippen LogP contribution in [-0.2, 0) is 33.4 Å². The van der Waals surface area contributed by atoms with E-state index in [9.17, 15) is 22.8 Å². The van der Waals surface area contributed by atoms with Gasteiger partial charge in [0.25, 0.3) is 10.1 Å². The number of hydrogen-bond donors (Lipinski definition) is 1. The second-order valence-corrected chi connectivity index (χ2v) is 12.4. The van der Waals surface area contributed by atoms with Gasteiger partial charge in [-0.2, -0.15) is 8.42 Å². The first-order valence-corrected chi connectivity index (χ1v) is 14.6. The van der Waals surface area contributed by atoms with Crippen molar-refractivity contribution in [1.82, 2.24) is 5.32 Å². The summed E-state index contributed by atoms with van der Waals surface area (Å²) in [6, 6.07) is 5.96. The van der Waals surface area contributed by atoms with E-state index in [1.807, 2.05) is 6.92 Å². The highest BCUT2D eigenvalue weighted by Crippen LogP contribution is 2.40. The van der Waals surface area contributed by atoms with Crippen molar-refractivity contribution < 1.29 is 31.7 Å². The molecule has 1 N–H and O–H groups in total. The van der Waals surface area contributed by atoms with Crippen molar-refractivity contribution in [2.24, 2.45) is 28.7 Å². The Kier molecular flexibility index (Phi) is 8.77. The molecule has 4 rings (SSSR count). The van der Waals surface area contributed by atoms with E-state index in [1.165, 1.54) is 24.8 Å². The average Bonchev–Trinajstić information content (AvgIpc) is 3.62. The first-order chi connectivity index (χ1) is 17.6. The molecule has 1 aliphatic heterocycles. The maximum absolute atomic E-state index is 13.2. The SMILES string of the molecule is COC(=O)[C@@H]1CC(=O)CC2[C@@H](OS(=O)(=O)c3ccc(Br)cc3)NCC(=O)C(C)CCCC3=C(C3)/N=C\[C@@H]21. The summed E-state index contributed by atoms with van der Waals surface area (Å²) in [7, 11) is -3.02. The number of esters is 1. The Hall–Kier alpha value is -2.21. The fourth-order valence-electron chi connectivity index (χ4n) is 4.99. The quantitative estimate of drug-likeness (QED) is 0.414. The van der Waals surface area contributed by atoms with Crippen LogP contribution in [0.1, 0.15) is 45.4 Å². The minimum Gasteiger partial charge on any atom is -0.469 e. The van der Waals surface area contributed by atoms with E-state index in [1.54, 1.807) is 18.3 Å². The zero-order valence-electron chi connectivity index (χ0n) is 20.8. The van der Waals surface area contributed by atoms with Gasteiger partial charge in [0, 0.05) is 53.4 Å². The Morgan fingerprint density at radius 2 is 1.89 bits per heavy atom. The van der Waals surface area contributed by atoms with Gasteiger partial charge in [0.2, 0.25) is 0 Å². The van der Waals surface area contributed by atoms with Gasteiger partial charge in [-0.05, 0) is 49.1 Å². The molecular weight excluding hydrogens is 564 g/mol. The monoisotopic (exact) mass is 594 g/mol. The van der Waals surface area contributed by atoms with Crippen LogP contribution in [-0.4, -0.2) is 52.1 Å². The van der Waals surface area contributed by atoms with Crippen LogP contribution in [0.5, 0.6) is 0 Å². The largest absolute Gasteiger partial charge is 0.469 e. The molecule has 0 radical (unpaired) electrons. The minimum atomic E-state index is -4.28. The highest BCUT2D eigenvalue weighted by atomic mass is 79.9. The number of ketones is 2. The zero-order valence-corrected chi connectivity index (χ0v) is 23.2. The number of methoxy groups -OCH3 is 1. The van der Waals surface area contributed by atoms with Crippen LogP contribution in [0.25, 0.3) is 0 Å². The number of carbonyl (C=O) groups excluding carboxylic acids is 3. The minimum absolute atomic E-state index is 0.0338. The van der Waals surface area contributed by atoms with Gasteiger partial charge in [0.1, 0.15) is 17.8 Å². The number of Topliss-reactive ketones (excluding diaryl/α,β-unsaturated/α-hetero) is 2. The molecule has 5 atom stereocenters. The first kappa shape index (κ1) is 27.8. The number of aliphatic imine (C=N–C) groups is 1. The van der Waals surface area contributed by atoms with Crippen molar-refractivity contribution in [3.8, 4) is 0 Å². The first-order valence-electron chi connectivity index (χ1n) is 12.4. The summed E-state index contributed by atoms with van der Waals surface area (Å²) in [6.07, 6.45) is 3.52. The third-order valence-electron chi connectivity index (χ3n) is 7.30. The molecule has 1 heterocycles. The Balaban J connectivity index is 1.73. The summed E-state index contributed by atoms with van der Waals surface area (Å²) < 4.78 is 37.8. The maximum Gasteiger partial charge on any atom is 0.309 e. The van der Waals surface area contributed by atoms with Crippen LogP contribution >= 0.6 is 15.9 Å². The lowest BCUT2D eigenvalue weighted by Crippen LogP contribution is -2.51. The van der Waals surface area contributed by atoms with Crippen LogP contribution in [0.2, 0.25) is 0 Å². The van der Waals surface area contributed by atoms with E-state index in [2.05, 4.69) is 26.2 Å². The predicted octanol–water partition coefficient (Wildman–Crippen LogP) is 3.57. The smallest absolute Gasteiger partial charge is 0.309 e. The molecule has 0 aromatic heterocycles. The van der Waals surface area contributed by atoms with E-state index < -0.39 is 40.1 Å². The number of ether oxygens (including phenoxy) is 1. The molecule has 2 aliphatic carbocycles. The number of rotatable bonds is 4. The lowest BCUT2D eigenvalue weighted by molar-refractivity contribution is -0.152. The van der Waals surface area contributed by atoms with Gasteiger partial charge in [0.15, 0.2) is 0 Å². The van der Waals surface area contributed by atoms with Crippen LogP contribution < -0.4 is 5.32 Å². The average molecular weight is 596 g/mol. The summed E-state index contributed by atoms with van der Waals surface area (Å²) in [5.41, 5.74) is 2.15. The fraction of sp³-hybridized carbons (Fsp3) is 0.538. The number of fused-ring (bicyclic) bond motifs is 1. The normalized spacial score (nSPS) is 30.1. The van der Waals surface area contributed by atoms with Gasteiger partial charge in [-0.1, -0.05) is 22.9 Å². The number of carbonyl (C=O) groups is 3. The number of nitrogens with one attached hydrogen (secondary N) is 1. The molecule has 37 heavy (non-hydrogen) atoms. The van der Waals surface area contributed by atoms with Crippen LogP contribution in [0.4, 0.5) is 0 Å². The van der Waals surface area contributed by atoms with E-state index in [-0.39, 0.29) is 41.8 Å². The molecular formula is C26H31BrN2O7S. The second kappa shape index (κ2) is 11.7. The Labute approximate surface area is 225 Å². The van der Waals surface area contributed by atoms with Gasteiger partial charge in [-0.15, -0.1) is 0 Å². The van der Waals surface area contributed by atoms with Crippen LogP contribution in [0.15, 0.2) is 49.9 Å². The van der Waals surface area contributed by atoms with Gasteiger partial charge in [-0.25, -0.2) is 4.18 Å². The summed E-state index contributed by atoms with van der Waals surface area (Å²) >= 11 is 3.29. The molecule has 0 saturated heterocycles. The number of nitrogens with zero attached hydrogens (tertiary/aromatic N) is 1. The van der Waals surface area contributed by atoms with Crippen molar-refractivity contribution >= 4 is 49.8 Å². The summed E-state index contributed by atoms with van der Waals surface area (Å²) in [5.74, 6) is -3.33. The van der Waals surface area contributed by atoms with Crippen molar-refractivity contribution in [1.29, 1.82) is 0 Å². The van der Waals surface area contributed by atoms with E-state index >= 15 is 0 Å². The maximum atomic E-state index is 13.2. The number of benzene rings is 1. The lowest BCUT2D eigenvalue weighted by atomic mass is 9.71. The lowest BCUT2D eigenvalue weighted by Gasteiger charge is -2.38. The molecule has 1 fully saturated rings. The number of allylic oxidation sites excluding steroid dienone is 2. The Morgan fingerprint density at radius 3 is 2.59 bits per heavy atom. The zero-order chi connectivity index (χ0) is 26.7. The summed E-state index contributed by atoms with van der Waals surface area (Å²) in [6.45, 7) is 1.72. The van der Waals surface area contributed by atoms with Gasteiger partial charge in [-0.3, -0.25) is 24.7 Å². The van der Waals surface area contributed by atoms with E-state index in [4.69, 9.17) is 8.92 Å². The van der Waals surface area contributed by atoms with Gasteiger partial charge >= 0.3 is 5.97 Å². The van der Waals surface area contributed by atoms with Crippen molar-refractivity contribution in [3.05, 3.63) is 40.0 Å². The molecule has 0 amide bonds. The molecule has 0 spiro atoms. The Morgan fingerprint density at radius 1 is 1.16 bits per heavy atom. The topological polar surface area (TPSA) is 128 Å². The molecule has 1 aromatic carbocycles. The third kappa shape index (κ3) is 6.81. The van der Waals surface area contributed by atoms with Crippen LogP contribution in [0, 0.1) is 23.7 Å². The van der Waals surface area contributed by atoms with E-state index in [0.29, 0.717) is 10.9 Å². The van der Waals surface area contributed by atoms with E-state index in [0.717, 1.165) is 25.0 Å². The molecule has 1 aromatic rings. The number of hydrogen-bond acceptors (Lipinski definition) is 9. The highest BCUT2D eigenvalue weighted by molar-refractivity contribution is 9.10. The second-order valence-electron chi connectivity index (χ2n) is 9.89. The van der Waals surface area contributed by atoms with Gasteiger partial charge in [0.05, 0.1) is 24.5 Å². The predicted molar refractivity (Wildman–Crippen MR) is 139 cm³/mol.